The molecule has 2 atom stereocenters. The second-order valence-corrected chi connectivity index (χ2v) is 4.64. The van der Waals surface area contributed by atoms with Crippen molar-refractivity contribution < 1.29 is 51.7 Å². The SMILES string of the molecule is O=C(O)CC(CC(=O)OC(=O)CC(CC(=O)O)C(F)F)C(F)F. The predicted molar refractivity (Wildman–Crippen MR) is 63.8 cm³/mol. The first-order chi connectivity index (χ1) is 10.5. The summed E-state index contributed by atoms with van der Waals surface area (Å²) in [5.41, 5.74) is 0. The Bertz CT molecular complexity index is 413. The third-order valence-corrected chi connectivity index (χ3v) is 2.67. The van der Waals surface area contributed by atoms with E-state index in [9.17, 15) is 36.7 Å². The van der Waals surface area contributed by atoms with Gasteiger partial charge in [-0.3, -0.25) is 19.2 Å². The van der Waals surface area contributed by atoms with E-state index in [1.165, 1.54) is 0 Å². The molecule has 132 valence electrons. The molecule has 0 aromatic heterocycles. The zero-order valence-electron chi connectivity index (χ0n) is 11.6. The van der Waals surface area contributed by atoms with Gasteiger partial charge in [-0.05, 0) is 0 Å². The zero-order chi connectivity index (χ0) is 18.2. The number of carbonyl (C=O) groups is 4. The summed E-state index contributed by atoms with van der Waals surface area (Å²) in [6, 6.07) is 0. The van der Waals surface area contributed by atoms with Crippen molar-refractivity contribution in [2.75, 3.05) is 0 Å². The fraction of sp³-hybridized carbons (Fsp3) is 0.667. The lowest BCUT2D eigenvalue weighted by molar-refractivity contribution is -0.163. The van der Waals surface area contributed by atoms with Crippen LogP contribution in [0.2, 0.25) is 0 Å². The van der Waals surface area contributed by atoms with Gasteiger partial charge in [-0.15, -0.1) is 0 Å². The van der Waals surface area contributed by atoms with Crippen LogP contribution >= 0.6 is 0 Å². The highest BCUT2D eigenvalue weighted by Crippen LogP contribution is 2.21. The molecule has 0 amide bonds. The Labute approximate surface area is 127 Å². The van der Waals surface area contributed by atoms with Crippen molar-refractivity contribution in [1.29, 1.82) is 0 Å². The highest BCUT2D eigenvalue weighted by Gasteiger charge is 2.30. The first kappa shape index (κ1) is 20.8. The molecule has 0 spiro atoms. The van der Waals surface area contributed by atoms with Crippen LogP contribution in [-0.4, -0.2) is 46.9 Å². The molecule has 0 aromatic carbocycles. The first-order valence-corrected chi connectivity index (χ1v) is 6.26. The molecule has 0 aromatic rings. The first-order valence-electron chi connectivity index (χ1n) is 6.26. The van der Waals surface area contributed by atoms with E-state index in [2.05, 4.69) is 4.74 Å². The maximum atomic E-state index is 12.5. The lowest BCUT2D eigenvalue weighted by Gasteiger charge is -2.14. The van der Waals surface area contributed by atoms with Crippen LogP contribution < -0.4 is 0 Å². The number of hydrogen-bond acceptors (Lipinski definition) is 5. The molecule has 2 unspecified atom stereocenters. The number of esters is 2. The molecule has 0 rings (SSSR count). The summed E-state index contributed by atoms with van der Waals surface area (Å²) in [6.45, 7) is 0. The number of hydrogen-bond donors (Lipinski definition) is 2. The van der Waals surface area contributed by atoms with E-state index in [-0.39, 0.29) is 0 Å². The third-order valence-electron chi connectivity index (χ3n) is 2.67. The number of carboxylic acids is 2. The molecule has 2 N–H and O–H groups in total. The molecule has 11 heteroatoms. The standard InChI is InChI=1S/C12H14F4O7/c13-11(14)5(1-7(17)18)3-9(21)23-10(22)4-6(12(15)16)2-8(19)20/h5-6,11-12H,1-4H2,(H,17,18)(H,19,20). The largest absolute Gasteiger partial charge is 0.481 e. The van der Waals surface area contributed by atoms with E-state index in [1.54, 1.807) is 0 Å². The van der Waals surface area contributed by atoms with Crippen LogP contribution in [0.4, 0.5) is 17.6 Å². The number of rotatable bonds is 10. The van der Waals surface area contributed by atoms with Crippen molar-refractivity contribution in [2.24, 2.45) is 11.8 Å². The van der Waals surface area contributed by atoms with Gasteiger partial charge in [-0.25, -0.2) is 17.6 Å². The molecular formula is C12H14F4O7. The minimum Gasteiger partial charge on any atom is -0.481 e. The summed E-state index contributed by atoms with van der Waals surface area (Å²) < 4.78 is 54.0. The van der Waals surface area contributed by atoms with Gasteiger partial charge in [0.25, 0.3) is 0 Å². The van der Waals surface area contributed by atoms with Gasteiger partial charge in [0.2, 0.25) is 12.9 Å². The minimum atomic E-state index is -3.16. The molecule has 0 aliphatic heterocycles. The van der Waals surface area contributed by atoms with Crippen molar-refractivity contribution in [3.8, 4) is 0 Å². The van der Waals surface area contributed by atoms with E-state index in [0.717, 1.165) is 0 Å². The van der Waals surface area contributed by atoms with Crippen molar-refractivity contribution in [1.82, 2.24) is 0 Å². The number of carbonyl (C=O) groups excluding carboxylic acids is 2. The molecular weight excluding hydrogens is 332 g/mol. The molecule has 0 fully saturated rings. The van der Waals surface area contributed by atoms with E-state index in [4.69, 9.17) is 10.2 Å². The Hall–Kier alpha value is -2.20. The van der Waals surface area contributed by atoms with Gasteiger partial charge in [0.05, 0.1) is 25.7 Å². The molecule has 0 saturated heterocycles. The normalized spacial score (nSPS) is 13.7. The van der Waals surface area contributed by atoms with Crippen molar-refractivity contribution in [2.45, 2.75) is 38.5 Å². The summed E-state index contributed by atoms with van der Waals surface area (Å²) in [5, 5.41) is 16.8. The zero-order valence-corrected chi connectivity index (χ0v) is 11.6. The Morgan fingerprint density at radius 1 is 0.696 bits per heavy atom. The second kappa shape index (κ2) is 9.74. The topological polar surface area (TPSA) is 118 Å². The van der Waals surface area contributed by atoms with E-state index in [0.29, 0.717) is 0 Å². The highest BCUT2D eigenvalue weighted by molar-refractivity contribution is 5.86. The number of alkyl halides is 4. The van der Waals surface area contributed by atoms with Gasteiger partial charge in [0.15, 0.2) is 0 Å². The van der Waals surface area contributed by atoms with Crippen LogP contribution in [0.3, 0.4) is 0 Å². The quantitative estimate of drug-likeness (QED) is 0.350. The number of aliphatic carboxylic acids is 2. The Morgan fingerprint density at radius 2 is 1.00 bits per heavy atom. The monoisotopic (exact) mass is 346 g/mol. The summed E-state index contributed by atoms with van der Waals surface area (Å²) in [6.07, 6.45) is -10.6. The third kappa shape index (κ3) is 9.42. The smallest absolute Gasteiger partial charge is 0.313 e. The number of carboxylic acid groups (broad SMARTS) is 2. The van der Waals surface area contributed by atoms with Crippen molar-refractivity contribution in [3.05, 3.63) is 0 Å². The van der Waals surface area contributed by atoms with Crippen LogP contribution in [0.15, 0.2) is 0 Å². The van der Waals surface area contributed by atoms with Gasteiger partial charge >= 0.3 is 23.9 Å². The Kier molecular flexibility index (Phi) is 8.81. The van der Waals surface area contributed by atoms with Crippen LogP contribution in [0.1, 0.15) is 25.7 Å². The average Bonchev–Trinajstić information content (AvgIpc) is 2.35. The predicted octanol–water partition coefficient (Wildman–Crippen LogP) is 1.55. The summed E-state index contributed by atoms with van der Waals surface area (Å²) in [5.74, 6) is -9.95. The molecule has 7 nitrogen and oxygen atoms in total. The fourth-order valence-corrected chi connectivity index (χ4v) is 1.59. The lowest BCUT2D eigenvalue weighted by Crippen LogP contribution is -2.25. The maximum Gasteiger partial charge on any atom is 0.313 e. The van der Waals surface area contributed by atoms with E-state index >= 15 is 0 Å². The number of halogens is 4. The van der Waals surface area contributed by atoms with Crippen LogP contribution in [0, 0.1) is 11.8 Å². The summed E-state index contributed by atoms with van der Waals surface area (Å²) in [7, 11) is 0. The van der Waals surface area contributed by atoms with Gasteiger partial charge in [0.1, 0.15) is 0 Å². The molecule has 0 saturated carbocycles. The summed E-state index contributed by atoms with van der Waals surface area (Å²) in [4.78, 5) is 43.2. The van der Waals surface area contributed by atoms with Gasteiger partial charge in [-0.1, -0.05) is 0 Å². The second-order valence-electron chi connectivity index (χ2n) is 4.64. The minimum absolute atomic E-state index is 1.04. The summed E-state index contributed by atoms with van der Waals surface area (Å²) >= 11 is 0. The maximum absolute atomic E-state index is 12.5. The van der Waals surface area contributed by atoms with Gasteiger partial charge < -0.3 is 14.9 Å². The fourth-order valence-electron chi connectivity index (χ4n) is 1.59. The van der Waals surface area contributed by atoms with E-state index < -0.39 is 74.2 Å². The van der Waals surface area contributed by atoms with Gasteiger partial charge in [-0.2, -0.15) is 0 Å². The Balaban J connectivity index is 4.54. The molecule has 0 heterocycles. The van der Waals surface area contributed by atoms with Crippen LogP contribution in [0.25, 0.3) is 0 Å². The van der Waals surface area contributed by atoms with Crippen LogP contribution in [0.5, 0.6) is 0 Å². The van der Waals surface area contributed by atoms with Crippen LogP contribution in [-0.2, 0) is 23.9 Å². The van der Waals surface area contributed by atoms with Crippen molar-refractivity contribution >= 4 is 23.9 Å². The van der Waals surface area contributed by atoms with Crippen molar-refractivity contribution in [3.63, 3.8) is 0 Å². The highest BCUT2D eigenvalue weighted by atomic mass is 19.3. The average molecular weight is 346 g/mol. The molecule has 0 aliphatic rings. The number of ether oxygens (including phenoxy) is 1. The van der Waals surface area contributed by atoms with Gasteiger partial charge in [0, 0.05) is 11.8 Å². The molecule has 0 aliphatic carbocycles. The van der Waals surface area contributed by atoms with E-state index in [1.807, 2.05) is 0 Å². The lowest BCUT2D eigenvalue weighted by atomic mass is 10.0. The molecule has 0 radical (unpaired) electrons. The molecule has 0 bridgehead atoms. The Morgan fingerprint density at radius 3 is 1.22 bits per heavy atom. The molecule has 23 heavy (non-hydrogen) atoms.